The Hall–Kier alpha value is -1.33. The number of aromatic amines is 1. The van der Waals surface area contributed by atoms with Crippen molar-refractivity contribution in [2.75, 3.05) is 5.73 Å². The molecule has 0 aliphatic rings. The molecule has 3 N–H and O–H groups in total. The maximum atomic E-state index is 6.04. The van der Waals surface area contributed by atoms with Crippen LogP contribution in [-0.2, 0) is 0 Å². The van der Waals surface area contributed by atoms with E-state index in [1.54, 1.807) is 0 Å². The van der Waals surface area contributed by atoms with Gasteiger partial charge in [0.1, 0.15) is 5.82 Å². The van der Waals surface area contributed by atoms with Gasteiger partial charge in [0, 0.05) is 20.2 Å². The number of rotatable bonds is 1. The van der Waals surface area contributed by atoms with E-state index >= 15 is 0 Å². The summed E-state index contributed by atoms with van der Waals surface area (Å²) in [4.78, 5) is 7.96. The molecule has 3 aromatic rings. The lowest BCUT2D eigenvalue weighted by Crippen LogP contribution is -1.91. The monoisotopic (exact) mass is 379 g/mol. The largest absolute Gasteiger partial charge is 0.398 e. The van der Waals surface area contributed by atoms with Crippen LogP contribution in [0, 0.1) is 6.92 Å². The van der Waals surface area contributed by atoms with Gasteiger partial charge in [-0.05, 0) is 42.8 Å². The SMILES string of the molecule is Cc1cc(Br)cc2[nH]c(-c3ccc(Br)cc3N)nc12. The maximum absolute atomic E-state index is 6.04. The van der Waals surface area contributed by atoms with Gasteiger partial charge in [0.05, 0.1) is 11.0 Å². The number of benzene rings is 2. The fourth-order valence-corrected chi connectivity index (χ4v) is 3.07. The van der Waals surface area contributed by atoms with E-state index in [1.807, 2.05) is 31.2 Å². The third kappa shape index (κ3) is 2.28. The van der Waals surface area contributed by atoms with E-state index in [0.717, 1.165) is 36.9 Å². The number of imidazole rings is 1. The topological polar surface area (TPSA) is 54.7 Å². The summed E-state index contributed by atoms with van der Waals surface area (Å²) in [6.45, 7) is 2.04. The molecule has 0 amide bonds. The van der Waals surface area contributed by atoms with E-state index in [0.29, 0.717) is 5.69 Å². The fraction of sp³-hybridized carbons (Fsp3) is 0.0714. The van der Waals surface area contributed by atoms with Crippen molar-refractivity contribution in [3.63, 3.8) is 0 Å². The van der Waals surface area contributed by atoms with E-state index < -0.39 is 0 Å². The van der Waals surface area contributed by atoms with E-state index in [9.17, 15) is 0 Å². The second-order valence-corrected chi connectivity index (χ2v) is 6.27. The van der Waals surface area contributed by atoms with Crippen molar-refractivity contribution >= 4 is 48.6 Å². The molecule has 19 heavy (non-hydrogen) atoms. The number of nitrogens with zero attached hydrogens (tertiary/aromatic N) is 1. The Morgan fingerprint density at radius 3 is 2.63 bits per heavy atom. The first-order valence-corrected chi connectivity index (χ1v) is 7.34. The standard InChI is InChI=1S/C14H11Br2N3/c1-7-4-9(16)6-12-13(7)19-14(18-12)10-3-2-8(15)5-11(10)17/h2-6H,17H2,1H3,(H,18,19). The van der Waals surface area contributed by atoms with Gasteiger partial charge in [-0.2, -0.15) is 0 Å². The highest BCUT2D eigenvalue weighted by Crippen LogP contribution is 2.30. The number of hydrogen-bond donors (Lipinski definition) is 2. The molecular formula is C14H11Br2N3. The van der Waals surface area contributed by atoms with Crippen LogP contribution in [0.25, 0.3) is 22.4 Å². The number of hydrogen-bond acceptors (Lipinski definition) is 2. The van der Waals surface area contributed by atoms with Crippen molar-refractivity contribution in [2.24, 2.45) is 0 Å². The quantitative estimate of drug-likeness (QED) is 0.604. The average Bonchev–Trinajstić information content (AvgIpc) is 2.72. The number of halogens is 2. The zero-order valence-corrected chi connectivity index (χ0v) is 13.3. The number of H-pyrrole nitrogens is 1. The second kappa shape index (κ2) is 4.65. The van der Waals surface area contributed by atoms with Gasteiger partial charge < -0.3 is 10.7 Å². The van der Waals surface area contributed by atoms with Crippen molar-refractivity contribution in [2.45, 2.75) is 6.92 Å². The van der Waals surface area contributed by atoms with Crippen molar-refractivity contribution in [1.29, 1.82) is 0 Å². The number of nitrogen functional groups attached to an aromatic ring is 1. The van der Waals surface area contributed by atoms with Crippen LogP contribution in [0.4, 0.5) is 5.69 Å². The van der Waals surface area contributed by atoms with Gasteiger partial charge >= 0.3 is 0 Å². The summed E-state index contributed by atoms with van der Waals surface area (Å²) in [7, 11) is 0. The molecule has 1 heterocycles. The molecule has 3 nitrogen and oxygen atoms in total. The lowest BCUT2D eigenvalue weighted by molar-refractivity contribution is 1.33. The Morgan fingerprint density at radius 2 is 1.89 bits per heavy atom. The van der Waals surface area contributed by atoms with Crippen LogP contribution < -0.4 is 5.73 Å². The molecule has 0 saturated carbocycles. The van der Waals surface area contributed by atoms with Crippen LogP contribution in [0.1, 0.15) is 5.56 Å². The van der Waals surface area contributed by atoms with Gasteiger partial charge in [0.25, 0.3) is 0 Å². The Morgan fingerprint density at radius 1 is 1.11 bits per heavy atom. The molecule has 0 spiro atoms. The van der Waals surface area contributed by atoms with Crippen LogP contribution in [-0.4, -0.2) is 9.97 Å². The predicted molar refractivity (Wildman–Crippen MR) is 86.1 cm³/mol. The first-order valence-electron chi connectivity index (χ1n) is 5.76. The molecule has 1 aromatic heterocycles. The van der Waals surface area contributed by atoms with Gasteiger partial charge in [-0.1, -0.05) is 31.9 Å². The summed E-state index contributed by atoms with van der Waals surface area (Å²) in [5, 5.41) is 0. The Bertz CT molecular complexity index is 778. The van der Waals surface area contributed by atoms with Gasteiger partial charge in [-0.25, -0.2) is 4.98 Å². The predicted octanol–water partition coefficient (Wildman–Crippen LogP) is 4.65. The molecule has 0 unspecified atom stereocenters. The summed E-state index contributed by atoms with van der Waals surface area (Å²) < 4.78 is 2.00. The zero-order chi connectivity index (χ0) is 13.6. The lowest BCUT2D eigenvalue weighted by atomic mass is 10.2. The van der Waals surface area contributed by atoms with Crippen molar-refractivity contribution < 1.29 is 0 Å². The first-order chi connectivity index (χ1) is 9.04. The fourth-order valence-electron chi connectivity index (χ4n) is 2.12. The summed E-state index contributed by atoms with van der Waals surface area (Å²) in [5.41, 5.74) is 10.8. The second-order valence-electron chi connectivity index (χ2n) is 4.44. The van der Waals surface area contributed by atoms with Crippen molar-refractivity contribution in [3.05, 3.63) is 44.8 Å². The van der Waals surface area contributed by atoms with Crippen LogP contribution in [0.3, 0.4) is 0 Å². The van der Waals surface area contributed by atoms with Crippen LogP contribution in [0.5, 0.6) is 0 Å². The minimum atomic E-state index is 0.699. The summed E-state index contributed by atoms with van der Waals surface area (Å²) >= 11 is 6.90. The van der Waals surface area contributed by atoms with Crippen molar-refractivity contribution in [1.82, 2.24) is 9.97 Å². The number of fused-ring (bicyclic) bond motifs is 1. The van der Waals surface area contributed by atoms with Crippen LogP contribution in [0.2, 0.25) is 0 Å². The number of aryl methyl sites for hydroxylation is 1. The maximum Gasteiger partial charge on any atom is 0.140 e. The van der Waals surface area contributed by atoms with Gasteiger partial charge in [-0.15, -0.1) is 0 Å². The minimum Gasteiger partial charge on any atom is -0.398 e. The van der Waals surface area contributed by atoms with Gasteiger partial charge in [-0.3, -0.25) is 0 Å². The molecule has 5 heteroatoms. The highest BCUT2D eigenvalue weighted by atomic mass is 79.9. The number of nitrogens with two attached hydrogens (primary N) is 1. The molecule has 2 aromatic carbocycles. The van der Waals surface area contributed by atoms with E-state index in [-0.39, 0.29) is 0 Å². The van der Waals surface area contributed by atoms with E-state index in [4.69, 9.17) is 5.73 Å². The molecular weight excluding hydrogens is 370 g/mol. The van der Waals surface area contributed by atoms with Crippen molar-refractivity contribution in [3.8, 4) is 11.4 Å². The molecule has 0 aliphatic carbocycles. The number of nitrogens with one attached hydrogen (secondary N) is 1. The number of anilines is 1. The first kappa shape index (κ1) is 12.7. The Balaban J connectivity index is 2.23. The third-order valence-corrected chi connectivity index (χ3v) is 3.96. The molecule has 3 rings (SSSR count). The van der Waals surface area contributed by atoms with Crippen LogP contribution in [0.15, 0.2) is 39.3 Å². The third-order valence-electron chi connectivity index (χ3n) is 3.01. The van der Waals surface area contributed by atoms with E-state index in [2.05, 4.69) is 47.9 Å². The molecule has 96 valence electrons. The molecule has 0 atom stereocenters. The molecule has 0 saturated heterocycles. The molecule has 0 fully saturated rings. The number of aromatic nitrogens is 2. The average molecular weight is 381 g/mol. The lowest BCUT2D eigenvalue weighted by Gasteiger charge is -2.02. The zero-order valence-electron chi connectivity index (χ0n) is 10.2. The smallest absolute Gasteiger partial charge is 0.140 e. The summed E-state index contributed by atoms with van der Waals surface area (Å²) in [6.07, 6.45) is 0. The molecule has 0 bridgehead atoms. The summed E-state index contributed by atoms with van der Waals surface area (Å²) in [6, 6.07) is 9.88. The normalized spacial score (nSPS) is 11.1. The minimum absolute atomic E-state index is 0.699. The Labute approximate surface area is 127 Å². The van der Waals surface area contributed by atoms with Gasteiger partial charge in [0.2, 0.25) is 0 Å². The highest BCUT2D eigenvalue weighted by molar-refractivity contribution is 9.10. The summed E-state index contributed by atoms with van der Waals surface area (Å²) in [5.74, 6) is 0.793. The van der Waals surface area contributed by atoms with Crippen LogP contribution >= 0.6 is 31.9 Å². The van der Waals surface area contributed by atoms with Gasteiger partial charge in [0.15, 0.2) is 0 Å². The molecule has 0 radical (unpaired) electrons. The van der Waals surface area contributed by atoms with E-state index in [1.165, 1.54) is 0 Å². The Kier molecular flexibility index (Phi) is 3.11. The molecule has 0 aliphatic heterocycles. The highest BCUT2D eigenvalue weighted by Gasteiger charge is 2.10.